The van der Waals surface area contributed by atoms with Gasteiger partial charge in [0.05, 0.1) is 11.4 Å². The van der Waals surface area contributed by atoms with Gasteiger partial charge in [-0.1, -0.05) is 6.07 Å². The van der Waals surface area contributed by atoms with E-state index in [9.17, 15) is 4.79 Å². The molecule has 2 aromatic rings. The van der Waals surface area contributed by atoms with Crippen molar-refractivity contribution in [3.63, 3.8) is 0 Å². The second-order valence-electron chi connectivity index (χ2n) is 3.05. The summed E-state index contributed by atoms with van der Waals surface area (Å²) in [6, 6.07) is 7.20. The molecule has 0 saturated carbocycles. The van der Waals surface area contributed by atoms with Gasteiger partial charge >= 0.3 is 0 Å². The van der Waals surface area contributed by atoms with E-state index in [-0.39, 0.29) is 18.0 Å². The molecule has 0 saturated heterocycles. The lowest BCUT2D eigenvalue weighted by molar-refractivity contribution is 0.590. The molecule has 16 heavy (non-hydrogen) atoms. The number of halogens is 1. The summed E-state index contributed by atoms with van der Waals surface area (Å²) in [5, 5.41) is 6.22. The molecule has 4 nitrogen and oxygen atoms in total. The van der Waals surface area contributed by atoms with E-state index in [1.807, 2.05) is 17.5 Å². The molecular formula is C10H12ClN3OS. The zero-order valence-corrected chi connectivity index (χ0v) is 10.1. The summed E-state index contributed by atoms with van der Waals surface area (Å²) in [6.07, 6.45) is 0. The Morgan fingerprint density at radius 1 is 1.38 bits per heavy atom. The molecule has 86 valence electrons. The summed E-state index contributed by atoms with van der Waals surface area (Å²) in [5.41, 5.74) is 6.11. The topological polar surface area (TPSA) is 60.9 Å². The van der Waals surface area contributed by atoms with Crippen molar-refractivity contribution in [3.05, 3.63) is 40.0 Å². The monoisotopic (exact) mass is 257 g/mol. The van der Waals surface area contributed by atoms with Crippen LogP contribution < -0.4 is 11.3 Å². The van der Waals surface area contributed by atoms with E-state index in [1.54, 1.807) is 17.4 Å². The Morgan fingerprint density at radius 3 is 2.81 bits per heavy atom. The summed E-state index contributed by atoms with van der Waals surface area (Å²) in [4.78, 5) is 12.4. The van der Waals surface area contributed by atoms with Crippen molar-refractivity contribution in [1.82, 2.24) is 9.78 Å². The van der Waals surface area contributed by atoms with E-state index >= 15 is 0 Å². The summed E-state index contributed by atoms with van der Waals surface area (Å²) >= 11 is 1.60. The number of thiophene rings is 1. The normalized spacial score (nSPS) is 9.81. The van der Waals surface area contributed by atoms with Gasteiger partial charge in [0, 0.05) is 12.6 Å². The van der Waals surface area contributed by atoms with Gasteiger partial charge in [0.15, 0.2) is 0 Å². The van der Waals surface area contributed by atoms with Crippen LogP contribution in [0.4, 0.5) is 0 Å². The number of aromatic nitrogens is 2. The van der Waals surface area contributed by atoms with Gasteiger partial charge in [0.1, 0.15) is 5.69 Å². The van der Waals surface area contributed by atoms with Gasteiger partial charge in [-0.05, 0) is 17.5 Å². The molecule has 2 aromatic heterocycles. The molecule has 0 spiro atoms. The predicted octanol–water partition coefficient (Wildman–Crippen LogP) is 1.35. The van der Waals surface area contributed by atoms with Crippen molar-refractivity contribution < 1.29 is 0 Å². The van der Waals surface area contributed by atoms with Crippen LogP contribution in [0.3, 0.4) is 0 Å². The average Bonchev–Trinajstić information content (AvgIpc) is 2.75. The highest BCUT2D eigenvalue weighted by Crippen LogP contribution is 2.20. The minimum Gasteiger partial charge on any atom is -0.329 e. The standard InChI is InChI=1S/C10H11N3OS.ClH/c11-5-6-13-10(14)4-3-8(12-13)9-2-1-7-15-9;/h1-4,7H,5-6,11H2;1H. The molecule has 0 amide bonds. The molecule has 2 rings (SSSR count). The van der Waals surface area contributed by atoms with Crippen LogP contribution in [0.5, 0.6) is 0 Å². The Morgan fingerprint density at radius 2 is 2.19 bits per heavy atom. The Kier molecular flexibility index (Phi) is 4.67. The van der Waals surface area contributed by atoms with E-state index in [0.29, 0.717) is 13.1 Å². The first-order valence-electron chi connectivity index (χ1n) is 4.63. The van der Waals surface area contributed by atoms with Crippen LogP contribution in [0.25, 0.3) is 10.6 Å². The Balaban J connectivity index is 0.00000128. The van der Waals surface area contributed by atoms with Crippen molar-refractivity contribution in [2.24, 2.45) is 5.73 Å². The van der Waals surface area contributed by atoms with Gasteiger partial charge in [-0.3, -0.25) is 4.79 Å². The molecule has 0 atom stereocenters. The summed E-state index contributed by atoms with van der Waals surface area (Å²) in [6.45, 7) is 0.874. The van der Waals surface area contributed by atoms with E-state index in [4.69, 9.17) is 5.73 Å². The first kappa shape index (κ1) is 12.9. The fourth-order valence-electron chi connectivity index (χ4n) is 1.29. The lowest BCUT2D eigenvalue weighted by Gasteiger charge is -2.03. The molecule has 2 N–H and O–H groups in total. The van der Waals surface area contributed by atoms with Crippen LogP contribution in [0.2, 0.25) is 0 Å². The second-order valence-corrected chi connectivity index (χ2v) is 3.99. The number of nitrogens with zero attached hydrogens (tertiary/aromatic N) is 2. The third-order valence-corrected chi connectivity index (χ3v) is 2.87. The molecule has 0 unspecified atom stereocenters. The van der Waals surface area contributed by atoms with Crippen LogP contribution in [-0.2, 0) is 6.54 Å². The molecule has 0 aliphatic heterocycles. The lowest BCUT2D eigenvalue weighted by atomic mass is 10.3. The number of hydrogen-bond donors (Lipinski definition) is 1. The molecule has 0 fully saturated rings. The SMILES string of the molecule is Cl.NCCn1nc(-c2cccs2)ccc1=O. The zero-order valence-electron chi connectivity index (χ0n) is 8.50. The van der Waals surface area contributed by atoms with Crippen molar-refractivity contribution in [1.29, 1.82) is 0 Å². The van der Waals surface area contributed by atoms with E-state index in [0.717, 1.165) is 10.6 Å². The fraction of sp³-hybridized carbons (Fsp3) is 0.200. The molecule has 0 radical (unpaired) electrons. The van der Waals surface area contributed by atoms with Crippen molar-refractivity contribution >= 4 is 23.7 Å². The minimum absolute atomic E-state index is 0. The zero-order chi connectivity index (χ0) is 10.7. The van der Waals surface area contributed by atoms with Gasteiger partial charge in [0.25, 0.3) is 5.56 Å². The van der Waals surface area contributed by atoms with Gasteiger partial charge in [-0.25, -0.2) is 4.68 Å². The van der Waals surface area contributed by atoms with E-state index in [1.165, 1.54) is 10.7 Å². The van der Waals surface area contributed by atoms with E-state index in [2.05, 4.69) is 5.10 Å². The molecule has 0 aromatic carbocycles. The van der Waals surface area contributed by atoms with Gasteiger partial charge in [-0.15, -0.1) is 23.7 Å². The highest BCUT2D eigenvalue weighted by molar-refractivity contribution is 7.13. The van der Waals surface area contributed by atoms with Crippen LogP contribution in [0.15, 0.2) is 34.4 Å². The Labute approximate surface area is 103 Å². The smallest absolute Gasteiger partial charge is 0.266 e. The van der Waals surface area contributed by atoms with Gasteiger partial charge < -0.3 is 5.73 Å². The third kappa shape index (κ3) is 2.69. The minimum atomic E-state index is -0.110. The summed E-state index contributed by atoms with van der Waals surface area (Å²) in [7, 11) is 0. The molecule has 2 heterocycles. The first-order valence-corrected chi connectivity index (χ1v) is 5.51. The van der Waals surface area contributed by atoms with Crippen LogP contribution >= 0.6 is 23.7 Å². The van der Waals surface area contributed by atoms with Crippen molar-refractivity contribution in [2.75, 3.05) is 6.54 Å². The number of hydrogen-bond acceptors (Lipinski definition) is 4. The quantitative estimate of drug-likeness (QED) is 0.903. The highest BCUT2D eigenvalue weighted by atomic mass is 35.5. The lowest BCUT2D eigenvalue weighted by Crippen LogP contribution is -2.25. The predicted molar refractivity (Wildman–Crippen MR) is 68.1 cm³/mol. The third-order valence-electron chi connectivity index (χ3n) is 1.98. The first-order chi connectivity index (χ1) is 7.31. The highest BCUT2D eigenvalue weighted by Gasteiger charge is 2.02. The average molecular weight is 258 g/mol. The van der Waals surface area contributed by atoms with Gasteiger partial charge in [-0.2, -0.15) is 5.10 Å². The van der Waals surface area contributed by atoms with E-state index < -0.39 is 0 Å². The molecule has 0 aliphatic rings. The largest absolute Gasteiger partial charge is 0.329 e. The molecule has 0 bridgehead atoms. The summed E-state index contributed by atoms with van der Waals surface area (Å²) in [5.74, 6) is 0. The Hall–Kier alpha value is -1.17. The maximum absolute atomic E-state index is 11.4. The molecule has 0 aliphatic carbocycles. The summed E-state index contributed by atoms with van der Waals surface area (Å²) < 4.78 is 1.40. The van der Waals surface area contributed by atoms with Gasteiger partial charge in [0.2, 0.25) is 0 Å². The van der Waals surface area contributed by atoms with Crippen LogP contribution in [0, 0.1) is 0 Å². The molecule has 6 heteroatoms. The number of rotatable bonds is 3. The Bertz CT molecular complexity index is 495. The maximum atomic E-state index is 11.4. The van der Waals surface area contributed by atoms with Crippen LogP contribution in [0.1, 0.15) is 0 Å². The van der Waals surface area contributed by atoms with Crippen molar-refractivity contribution in [3.8, 4) is 10.6 Å². The van der Waals surface area contributed by atoms with Crippen LogP contribution in [-0.4, -0.2) is 16.3 Å². The second kappa shape index (κ2) is 5.79. The maximum Gasteiger partial charge on any atom is 0.266 e. The molecular weight excluding hydrogens is 246 g/mol. The van der Waals surface area contributed by atoms with Crippen molar-refractivity contribution in [2.45, 2.75) is 6.54 Å². The fourth-order valence-corrected chi connectivity index (χ4v) is 1.98. The number of nitrogens with two attached hydrogens (primary N) is 1.